The second-order valence-electron chi connectivity index (χ2n) is 6.99. The molecule has 0 unspecified atom stereocenters. The summed E-state index contributed by atoms with van der Waals surface area (Å²) in [4.78, 5) is 27.6. The third kappa shape index (κ3) is 3.11. The molecule has 1 fully saturated rings. The summed E-state index contributed by atoms with van der Waals surface area (Å²) in [6, 6.07) is 27.1. The van der Waals surface area contributed by atoms with Gasteiger partial charge in [-0.05, 0) is 24.1 Å². The van der Waals surface area contributed by atoms with Gasteiger partial charge in [-0.3, -0.25) is 14.5 Å². The van der Waals surface area contributed by atoms with Gasteiger partial charge < -0.3 is 4.74 Å². The van der Waals surface area contributed by atoms with Crippen LogP contribution >= 0.6 is 0 Å². The largest absolute Gasteiger partial charge is 0.493 e. The molecule has 146 valence electrons. The Morgan fingerprint density at radius 1 is 0.759 bits per heavy atom. The summed E-state index contributed by atoms with van der Waals surface area (Å²) >= 11 is 0. The van der Waals surface area contributed by atoms with E-state index in [1.807, 2.05) is 91.9 Å². The van der Waals surface area contributed by atoms with Gasteiger partial charge in [0.1, 0.15) is 11.3 Å². The Labute approximate surface area is 170 Å². The number of para-hydroxylation sites is 1. The molecule has 3 aromatic rings. The van der Waals surface area contributed by atoms with E-state index in [9.17, 15) is 9.59 Å². The second-order valence-corrected chi connectivity index (χ2v) is 6.99. The fourth-order valence-electron chi connectivity index (χ4n) is 4.21. The molecule has 0 saturated carbocycles. The highest BCUT2D eigenvalue weighted by Gasteiger charge is 2.51. The lowest BCUT2D eigenvalue weighted by molar-refractivity contribution is -0.143. The first-order valence-corrected chi connectivity index (χ1v) is 9.88. The number of rotatable bonds is 6. The van der Waals surface area contributed by atoms with Crippen molar-refractivity contribution in [3.63, 3.8) is 0 Å². The molecule has 1 heterocycles. The maximum absolute atomic E-state index is 13.1. The molecule has 3 aromatic carbocycles. The van der Waals surface area contributed by atoms with Crippen molar-refractivity contribution in [2.24, 2.45) is 0 Å². The molecule has 4 nitrogen and oxygen atoms in total. The predicted octanol–water partition coefficient (Wildman–Crippen LogP) is 4.53. The van der Waals surface area contributed by atoms with Gasteiger partial charge in [0.2, 0.25) is 11.8 Å². The van der Waals surface area contributed by atoms with Gasteiger partial charge in [-0.2, -0.15) is 0 Å². The number of ether oxygens (including phenoxy) is 1. The summed E-state index contributed by atoms with van der Waals surface area (Å²) in [6.07, 6.45) is 0.439. The molecule has 1 aliphatic rings. The van der Waals surface area contributed by atoms with Gasteiger partial charge >= 0.3 is 0 Å². The summed E-state index contributed by atoms with van der Waals surface area (Å²) < 4.78 is 5.97. The van der Waals surface area contributed by atoms with E-state index in [1.165, 1.54) is 4.90 Å². The van der Waals surface area contributed by atoms with E-state index in [0.717, 1.165) is 16.7 Å². The molecule has 0 N–H and O–H groups in total. The molecular formula is C25H23NO3. The Hall–Kier alpha value is -3.40. The lowest BCUT2D eigenvalue weighted by Crippen LogP contribution is -2.51. The van der Waals surface area contributed by atoms with Crippen molar-refractivity contribution >= 4 is 11.8 Å². The first-order valence-electron chi connectivity index (χ1n) is 9.88. The van der Waals surface area contributed by atoms with Crippen LogP contribution in [0, 0.1) is 0 Å². The zero-order valence-corrected chi connectivity index (χ0v) is 16.4. The molecule has 0 bridgehead atoms. The predicted molar refractivity (Wildman–Crippen MR) is 111 cm³/mol. The van der Waals surface area contributed by atoms with Crippen LogP contribution in [-0.2, 0) is 15.1 Å². The number of imide groups is 1. The lowest BCUT2D eigenvalue weighted by atomic mass is 9.75. The monoisotopic (exact) mass is 385 g/mol. The zero-order valence-electron chi connectivity index (χ0n) is 16.4. The molecule has 4 rings (SSSR count). The van der Waals surface area contributed by atoms with Crippen LogP contribution in [0.3, 0.4) is 0 Å². The van der Waals surface area contributed by atoms with Gasteiger partial charge in [0, 0.05) is 18.4 Å². The fraction of sp³-hybridized carbons (Fsp3) is 0.200. The number of hydrogen-bond donors (Lipinski definition) is 0. The highest BCUT2D eigenvalue weighted by Crippen LogP contribution is 2.47. The van der Waals surface area contributed by atoms with Gasteiger partial charge in [0.15, 0.2) is 0 Å². The van der Waals surface area contributed by atoms with Gasteiger partial charge in [-0.1, -0.05) is 78.9 Å². The van der Waals surface area contributed by atoms with E-state index >= 15 is 0 Å². The molecule has 0 spiro atoms. The number of nitrogens with zero attached hydrogens (tertiary/aromatic N) is 1. The number of carbonyl (C=O) groups excluding carboxylic acids is 2. The van der Waals surface area contributed by atoms with E-state index in [2.05, 4.69) is 0 Å². The fourth-order valence-corrected chi connectivity index (χ4v) is 4.21. The Morgan fingerprint density at radius 2 is 1.24 bits per heavy atom. The zero-order chi connectivity index (χ0) is 20.3. The average Bonchev–Trinajstić information content (AvgIpc) is 3.10. The molecule has 1 saturated heterocycles. The number of hydrogen-bond acceptors (Lipinski definition) is 3. The van der Waals surface area contributed by atoms with Crippen molar-refractivity contribution in [3.8, 4) is 5.75 Å². The van der Waals surface area contributed by atoms with Crippen LogP contribution in [-0.4, -0.2) is 23.3 Å². The van der Waals surface area contributed by atoms with Crippen LogP contribution in [0.2, 0.25) is 0 Å². The smallest absolute Gasteiger partial charge is 0.231 e. The minimum absolute atomic E-state index is 0.172. The maximum atomic E-state index is 13.1. The van der Waals surface area contributed by atoms with Crippen LogP contribution in [0.15, 0.2) is 84.9 Å². The van der Waals surface area contributed by atoms with E-state index in [-0.39, 0.29) is 24.7 Å². The van der Waals surface area contributed by atoms with Crippen LogP contribution in [0.25, 0.3) is 0 Å². The average molecular weight is 385 g/mol. The van der Waals surface area contributed by atoms with Crippen LogP contribution in [0.1, 0.15) is 36.5 Å². The second kappa shape index (κ2) is 7.92. The van der Waals surface area contributed by atoms with Crippen molar-refractivity contribution in [2.45, 2.75) is 25.3 Å². The third-order valence-electron chi connectivity index (χ3n) is 5.35. The number of amides is 2. The molecule has 0 aliphatic carbocycles. The van der Waals surface area contributed by atoms with Crippen molar-refractivity contribution in [1.29, 1.82) is 0 Å². The Kier molecular flexibility index (Phi) is 5.17. The minimum Gasteiger partial charge on any atom is -0.493 e. The summed E-state index contributed by atoms with van der Waals surface area (Å²) in [7, 11) is 0. The van der Waals surface area contributed by atoms with Crippen LogP contribution in [0.4, 0.5) is 0 Å². The van der Waals surface area contributed by atoms with Crippen molar-refractivity contribution < 1.29 is 14.3 Å². The summed E-state index contributed by atoms with van der Waals surface area (Å²) in [5.74, 6) is 0.318. The SMILES string of the molecule is CCOc1ccccc1C(c1ccccc1)(c1ccccc1)N1C(=O)CCC1=O. The first kappa shape index (κ1) is 18.9. The van der Waals surface area contributed by atoms with Gasteiger partial charge in [-0.15, -0.1) is 0 Å². The standard InChI is InChI=1S/C25H23NO3/c1-2-29-22-16-10-9-15-21(22)25(19-11-5-3-6-12-19,20-13-7-4-8-14-20)26-23(27)17-18-24(26)28/h3-16H,2,17-18H2,1H3. The lowest BCUT2D eigenvalue weighted by Gasteiger charge is -2.42. The Morgan fingerprint density at radius 3 is 1.76 bits per heavy atom. The molecule has 0 atom stereocenters. The summed E-state index contributed by atoms with van der Waals surface area (Å²) in [5, 5.41) is 0. The normalized spacial score (nSPS) is 14.3. The van der Waals surface area contributed by atoms with Crippen LogP contribution in [0.5, 0.6) is 5.75 Å². The Bertz CT molecular complexity index is 959. The van der Waals surface area contributed by atoms with Gasteiger partial charge in [0.05, 0.1) is 6.61 Å². The van der Waals surface area contributed by atoms with Gasteiger partial charge in [-0.25, -0.2) is 0 Å². The summed E-state index contributed by atoms with van der Waals surface area (Å²) in [5.41, 5.74) is 1.38. The molecule has 4 heteroatoms. The molecule has 29 heavy (non-hydrogen) atoms. The molecule has 2 amide bonds. The number of carbonyl (C=O) groups is 2. The van der Waals surface area contributed by atoms with Crippen LogP contribution < -0.4 is 4.74 Å². The molecular weight excluding hydrogens is 362 g/mol. The summed E-state index contributed by atoms with van der Waals surface area (Å²) in [6.45, 7) is 2.41. The van der Waals surface area contributed by atoms with Crippen molar-refractivity contribution in [3.05, 3.63) is 102 Å². The Balaban J connectivity index is 2.13. The highest BCUT2D eigenvalue weighted by molar-refractivity contribution is 6.04. The highest BCUT2D eigenvalue weighted by atomic mass is 16.5. The topological polar surface area (TPSA) is 46.6 Å². The molecule has 0 radical (unpaired) electrons. The third-order valence-corrected chi connectivity index (χ3v) is 5.35. The van der Waals surface area contributed by atoms with Crippen molar-refractivity contribution in [1.82, 2.24) is 4.90 Å². The molecule has 1 aliphatic heterocycles. The van der Waals surface area contributed by atoms with E-state index in [0.29, 0.717) is 12.4 Å². The first-order chi connectivity index (χ1) is 14.2. The minimum atomic E-state index is -1.10. The van der Waals surface area contributed by atoms with Crippen molar-refractivity contribution in [2.75, 3.05) is 6.61 Å². The van der Waals surface area contributed by atoms with E-state index in [1.54, 1.807) is 0 Å². The quantitative estimate of drug-likeness (QED) is 0.463. The molecule has 0 aromatic heterocycles. The number of likely N-dealkylation sites (tertiary alicyclic amines) is 1. The van der Waals surface area contributed by atoms with Gasteiger partial charge in [0.25, 0.3) is 0 Å². The van der Waals surface area contributed by atoms with E-state index in [4.69, 9.17) is 4.74 Å². The maximum Gasteiger partial charge on any atom is 0.231 e. The van der Waals surface area contributed by atoms with E-state index < -0.39 is 5.54 Å². The number of benzene rings is 3.